The number of halogens is 2. The zero-order valence-electron chi connectivity index (χ0n) is 11.5. The summed E-state index contributed by atoms with van der Waals surface area (Å²) in [4.78, 5) is 18.3. The van der Waals surface area contributed by atoms with Gasteiger partial charge < -0.3 is 14.2 Å². The molecule has 0 N–H and O–H groups in total. The number of ether oxygens (including phenoxy) is 1. The molecule has 1 aromatic heterocycles. The number of aromatic nitrogens is 2. The van der Waals surface area contributed by atoms with E-state index < -0.39 is 0 Å². The molecule has 1 atom stereocenters. The van der Waals surface area contributed by atoms with Crippen molar-refractivity contribution >= 4 is 29.1 Å². The molecule has 3 rings (SSSR count). The molecule has 8 heteroatoms. The molecule has 22 heavy (non-hydrogen) atoms. The maximum absolute atomic E-state index is 12.6. The number of benzene rings is 1. The molecule has 0 aliphatic carbocycles. The highest BCUT2D eigenvalue weighted by molar-refractivity contribution is 6.35. The summed E-state index contributed by atoms with van der Waals surface area (Å²) >= 11 is 12.0. The molecule has 0 bridgehead atoms. The van der Waals surface area contributed by atoms with Crippen LogP contribution in [0.4, 0.5) is 0 Å². The summed E-state index contributed by atoms with van der Waals surface area (Å²) in [6, 6.07) is 4.76. The molecule has 0 spiro atoms. The molecular formula is C14H13Cl2N3O3. The van der Waals surface area contributed by atoms with E-state index in [9.17, 15) is 4.79 Å². The number of hydrogen-bond acceptors (Lipinski definition) is 5. The smallest absolute Gasteiger partial charge is 0.227 e. The van der Waals surface area contributed by atoms with Crippen LogP contribution in [0.1, 0.15) is 17.4 Å². The van der Waals surface area contributed by atoms with Crippen molar-refractivity contribution in [2.75, 3.05) is 19.8 Å². The lowest BCUT2D eigenvalue weighted by molar-refractivity contribution is -0.139. The Balaban J connectivity index is 1.77. The van der Waals surface area contributed by atoms with Gasteiger partial charge in [-0.05, 0) is 17.7 Å². The average Bonchev–Trinajstić information content (AvgIpc) is 3.04. The Kier molecular flexibility index (Phi) is 4.61. The Labute approximate surface area is 136 Å². The van der Waals surface area contributed by atoms with E-state index in [1.54, 1.807) is 23.1 Å². The van der Waals surface area contributed by atoms with E-state index >= 15 is 0 Å². The molecule has 2 heterocycles. The van der Waals surface area contributed by atoms with Crippen molar-refractivity contribution in [3.05, 3.63) is 46.0 Å². The summed E-state index contributed by atoms with van der Waals surface area (Å²) in [5.41, 5.74) is 0.731. The molecule has 0 radical (unpaired) electrons. The van der Waals surface area contributed by atoms with Crippen LogP contribution in [0.5, 0.6) is 0 Å². The predicted octanol–water partition coefficient (Wildman–Crippen LogP) is 2.52. The molecule has 1 aliphatic heterocycles. The predicted molar refractivity (Wildman–Crippen MR) is 79.7 cm³/mol. The highest BCUT2D eigenvalue weighted by Crippen LogP contribution is 2.25. The van der Waals surface area contributed by atoms with E-state index in [-0.39, 0.29) is 18.4 Å². The van der Waals surface area contributed by atoms with Gasteiger partial charge in [0.25, 0.3) is 0 Å². The van der Waals surface area contributed by atoms with E-state index in [4.69, 9.17) is 32.5 Å². The molecule has 2 aromatic rings. The van der Waals surface area contributed by atoms with Crippen molar-refractivity contribution in [1.29, 1.82) is 0 Å². The Bertz CT molecular complexity index is 663. The summed E-state index contributed by atoms with van der Waals surface area (Å²) < 4.78 is 10.2. The molecule has 1 aromatic carbocycles. The Hall–Kier alpha value is -1.63. The quantitative estimate of drug-likeness (QED) is 0.857. The van der Waals surface area contributed by atoms with Crippen LogP contribution < -0.4 is 0 Å². The Morgan fingerprint density at radius 1 is 1.41 bits per heavy atom. The van der Waals surface area contributed by atoms with Gasteiger partial charge in [0.1, 0.15) is 6.04 Å². The molecule has 1 amide bonds. The number of carbonyl (C=O) groups excluding carboxylic acids is 1. The van der Waals surface area contributed by atoms with Gasteiger partial charge in [0.15, 0.2) is 5.82 Å². The van der Waals surface area contributed by atoms with E-state index in [1.807, 2.05) is 0 Å². The van der Waals surface area contributed by atoms with Gasteiger partial charge in [0.2, 0.25) is 12.3 Å². The molecule has 1 aliphatic rings. The van der Waals surface area contributed by atoms with Crippen molar-refractivity contribution in [2.45, 2.75) is 12.5 Å². The highest BCUT2D eigenvalue weighted by atomic mass is 35.5. The molecule has 6 nitrogen and oxygen atoms in total. The second-order valence-corrected chi connectivity index (χ2v) is 5.72. The van der Waals surface area contributed by atoms with Gasteiger partial charge in [-0.2, -0.15) is 4.98 Å². The van der Waals surface area contributed by atoms with Crippen molar-refractivity contribution in [3.8, 4) is 0 Å². The summed E-state index contributed by atoms with van der Waals surface area (Å²) in [5.74, 6) is 0.373. The first-order chi connectivity index (χ1) is 10.6. The normalized spacial score (nSPS) is 18.5. The molecule has 1 fully saturated rings. The van der Waals surface area contributed by atoms with Crippen LogP contribution in [0.2, 0.25) is 10.0 Å². The Morgan fingerprint density at radius 2 is 2.27 bits per heavy atom. The monoisotopic (exact) mass is 341 g/mol. The summed E-state index contributed by atoms with van der Waals surface area (Å²) in [6.45, 7) is 1.30. The van der Waals surface area contributed by atoms with Crippen LogP contribution in [0.3, 0.4) is 0 Å². The second kappa shape index (κ2) is 6.64. The van der Waals surface area contributed by atoms with Crippen LogP contribution in [0.15, 0.2) is 29.1 Å². The first-order valence-electron chi connectivity index (χ1n) is 6.72. The SMILES string of the molecule is O=C(Cc1ccc(Cl)cc1Cl)N1CCOC[C@@H]1c1ncon1. The van der Waals surface area contributed by atoms with Crippen molar-refractivity contribution in [2.24, 2.45) is 0 Å². The number of carbonyl (C=O) groups is 1. The van der Waals surface area contributed by atoms with Crippen LogP contribution in [0, 0.1) is 0 Å². The molecular weight excluding hydrogens is 329 g/mol. The fraction of sp³-hybridized carbons (Fsp3) is 0.357. The summed E-state index contributed by atoms with van der Waals surface area (Å²) in [7, 11) is 0. The fourth-order valence-electron chi connectivity index (χ4n) is 2.37. The Morgan fingerprint density at radius 3 is 3.00 bits per heavy atom. The van der Waals surface area contributed by atoms with Gasteiger partial charge in [-0.1, -0.05) is 34.4 Å². The van der Waals surface area contributed by atoms with Gasteiger partial charge in [0, 0.05) is 16.6 Å². The van der Waals surface area contributed by atoms with Gasteiger partial charge in [0.05, 0.1) is 19.6 Å². The van der Waals surface area contributed by atoms with E-state index in [0.29, 0.717) is 35.6 Å². The van der Waals surface area contributed by atoms with E-state index in [2.05, 4.69) is 10.1 Å². The third kappa shape index (κ3) is 3.24. The van der Waals surface area contributed by atoms with Crippen molar-refractivity contribution < 1.29 is 14.1 Å². The second-order valence-electron chi connectivity index (χ2n) is 4.88. The van der Waals surface area contributed by atoms with E-state index in [1.165, 1.54) is 6.39 Å². The first-order valence-corrected chi connectivity index (χ1v) is 7.48. The van der Waals surface area contributed by atoms with Crippen molar-refractivity contribution in [1.82, 2.24) is 15.0 Å². The first kappa shape index (κ1) is 15.3. The van der Waals surface area contributed by atoms with Crippen LogP contribution in [0.25, 0.3) is 0 Å². The van der Waals surface area contributed by atoms with Gasteiger partial charge in [-0.3, -0.25) is 4.79 Å². The lowest BCUT2D eigenvalue weighted by Crippen LogP contribution is -2.44. The number of rotatable bonds is 3. The highest BCUT2D eigenvalue weighted by Gasteiger charge is 2.31. The molecule has 0 unspecified atom stereocenters. The maximum atomic E-state index is 12.6. The number of hydrogen-bond donors (Lipinski definition) is 0. The lowest BCUT2D eigenvalue weighted by atomic mass is 10.1. The standard InChI is InChI=1S/C14H13Cl2N3O3/c15-10-2-1-9(11(16)6-10)5-13(20)19-3-4-21-7-12(19)14-17-8-22-18-14/h1-2,6,8,12H,3-5,7H2/t12-/m1/s1. The number of morpholine rings is 1. The molecule has 0 saturated carbocycles. The largest absolute Gasteiger partial charge is 0.377 e. The zero-order valence-corrected chi connectivity index (χ0v) is 13.0. The molecule has 116 valence electrons. The minimum Gasteiger partial charge on any atom is -0.377 e. The minimum atomic E-state index is -0.342. The fourth-order valence-corrected chi connectivity index (χ4v) is 2.85. The van der Waals surface area contributed by atoms with Crippen LogP contribution >= 0.6 is 23.2 Å². The van der Waals surface area contributed by atoms with Gasteiger partial charge >= 0.3 is 0 Å². The third-order valence-corrected chi connectivity index (χ3v) is 4.07. The van der Waals surface area contributed by atoms with Gasteiger partial charge in [-0.25, -0.2) is 0 Å². The van der Waals surface area contributed by atoms with Crippen LogP contribution in [-0.2, 0) is 16.0 Å². The zero-order chi connectivity index (χ0) is 15.5. The molecule has 1 saturated heterocycles. The number of nitrogens with zero attached hydrogens (tertiary/aromatic N) is 3. The van der Waals surface area contributed by atoms with E-state index in [0.717, 1.165) is 5.56 Å². The lowest BCUT2D eigenvalue weighted by Gasteiger charge is -2.33. The average molecular weight is 342 g/mol. The summed E-state index contributed by atoms with van der Waals surface area (Å²) in [5, 5.41) is 4.82. The van der Waals surface area contributed by atoms with Gasteiger partial charge in [-0.15, -0.1) is 0 Å². The third-order valence-electron chi connectivity index (χ3n) is 3.48. The van der Waals surface area contributed by atoms with Crippen LogP contribution in [-0.4, -0.2) is 40.7 Å². The topological polar surface area (TPSA) is 68.5 Å². The minimum absolute atomic E-state index is 0.0673. The number of amides is 1. The maximum Gasteiger partial charge on any atom is 0.227 e. The van der Waals surface area contributed by atoms with Crippen molar-refractivity contribution in [3.63, 3.8) is 0 Å². The summed E-state index contributed by atoms with van der Waals surface area (Å²) in [6.07, 6.45) is 1.42.